The van der Waals surface area contributed by atoms with Crippen LogP contribution < -0.4 is 11.3 Å². The van der Waals surface area contributed by atoms with E-state index in [4.69, 9.17) is 5.84 Å². The number of nitrogens with zero attached hydrogens (tertiary/aromatic N) is 2. The second kappa shape index (κ2) is 5.85. The van der Waals surface area contributed by atoms with Crippen LogP contribution >= 0.6 is 0 Å². The van der Waals surface area contributed by atoms with Gasteiger partial charge in [-0.05, 0) is 24.7 Å². The van der Waals surface area contributed by atoms with Gasteiger partial charge >= 0.3 is 0 Å². The third-order valence-electron chi connectivity index (χ3n) is 4.30. The fourth-order valence-corrected chi connectivity index (χ4v) is 3.23. The van der Waals surface area contributed by atoms with E-state index in [1.807, 2.05) is 10.9 Å². The molecule has 0 amide bonds. The van der Waals surface area contributed by atoms with Crippen LogP contribution in [-0.4, -0.2) is 9.78 Å². The van der Waals surface area contributed by atoms with Gasteiger partial charge < -0.3 is 0 Å². The van der Waals surface area contributed by atoms with E-state index in [9.17, 15) is 0 Å². The molecule has 1 aliphatic carbocycles. The number of hydrogen-bond acceptors (Lipinski definition) is 3. The molecule has 1 fully saturated rings. The number of hydrogen-bond donors (Lipinski definition) is 2. The van der Waals surface area contributed by atoms with E-state index in [0.717, 1.165) is 13.0 Å². The Morgan fingerprint density at radius 2 is 2.17 bits per heavy atom. The number of hydrazine groups is 1. The lowest BCUT2D eigenvalue weighted by Crippen LogP contribution is -2.41. The third-order valence-corrected chi connectivity index (χ3v) is 4.30. The molecule has 0 spiro atoms. The maximum Gasteiger partial charge on any atom is 0.0544 e. The molecule has 18 heavy (non-hydrogen) atoms. The largest absolute Gasteiger partial charge is 0.272 e. The molecule has 1 atom stereocenters. The van der Waals surface area contributed by atoms with Gasteiger partial charge in [-0.3, -0.25) is 16.0 Å². The number of nitrogens with one attached hydrogen (secondary N) is 1. The van der Waals surface area contributed by atoms with Gasteiger partial charge in [-0.25, -0.2) is 0 Å². The molecule has 4 nitrogen and oxygen atoms in total. The molecule has 0 radical (unpaired) electrons. The topological polar surface area (TPSA) is 55.9 Å². The molecule has 0 bridgehead atoms. The second-order valence-corrected chi connectivity index (χ2v) is 5.85. The van der Waals surface area contributed by atoms with Crippen LogP contribution in [0.1, 0.15) is 64.0 Å². The summed E-state index contributed by atoms with van der Waals surface area (Å²) in [4.78, 5) is 0. The Bertz CT molecular complexity index is 366. The molecule has 0 aliphatic heterocycles. The monoisotopic (exact) mass is 250 g/mol. The van der Waals surface area contributed by atoms with E-state index in [-0.39, 0.29) is 11.5 Å². The molecular formula is C14H26N4. The van der Waals surface area contributed by atoms with Gasteiger partial charge in [-0.2, -0.15) is 5.10 Å². The zero-order valence-electron chi connectivity index (χ0n) is 11.7. The van der Waals surface area contributed by atoms with E-state index in [2.05, 4.69) is 30.6 Å². The number of aryl methyl sites for hydroxylation is 1. The lowest BCUT2D eigenvalue weighted by atomic mass is 9.69. The lowest BCUT2D eigenvalue weighted by Gasteiger charge is -2.40. The summed E-state index contributed by atoms with van der Waals surface area (Å²) in [5.74, 6) is 5.82. The van der Waals surface area contributed by atoms with Gasteiger partial charge in [0.1, 0.15) is 0 Å². The van der Waals surface area contributed by atoms with Crippen molar-refractivity contribution in [3.05, 3.63) is 18.0 Å². The third kappa shape index (κ3) is 2.75. The summed E-state index contributed by atoms with van der Waals surface area (Å²) < 4.78 is 2.02. The van der Waals surface area contributed by atoms with Crippen LogP contribution in [0.15, 0.2) is 12.4 Å². The van der Waals surface area contributed by atoms with Crippen molar-refractivity contribution in [3.63, 3.8) is 0 Å². The Morgan fingerprint density at radius 1 is 1.44 bits per heavy atom. The highest BCUT2D eigenvalue weighted by Crippen LogP contribution is 2.45. The zero-order valence-corrected chi connectivity index (χ0v) is 11.7. The lowest BCUT2D eigenvalue weighted by molar-refractivity contribution is 0.145. The quantitative estimate of drug-likeness (QED) is 0.624. The minimum absolute atomic E-state index is 0.225. The molecule has 1 aromatic heterocycles. The van der Waals surface area contributed by atoms with Crippen molar-refractivity contribution in [2.45, 2.75) is 65.0 Å². The van der Waals surface area contributed by atoms with Crippen molar-refractivity contribution in [2.24, 2.45) is 11.3 Å². The van der Waals surface area contributed by atoms with E-state index >= 15 is 0 Å². The van der Waals surface area contributed by atoms with Crippen LogP contribution in [0.3, 0.4) is 0 Å². The van der Waals surface area contributed by atoms with Gasteiger partial charge in [-0.15, -0.1) is 0 Å². The van der Waals surface area contributed by atoms with Gasteiger partial charge in [0, 0.05) is 18.3 Å². The highest BCUT2D eigenvalue weighted by molar-refractivity contribution is 5.14. The minimum atomic E-state index is 0.225. The Morgan fingerprint density at radius 3 is 2.78 bits per heavy atom. The Balaban J connectivity index is 2.15. The Hall–Kier alpha value is -0.870. The Labute approximate surface area is 110 Å². The smallest absolute Gasteiger partial charge is 0.0544 e. The maximum atomic E-state index is 5.82. The van der Waals surface area contributed by atoms with Crippen molar-refractivity contribution in [1.29, 1.82) is 0 Å². The zero-order chi connectivity index (χ0) is 13.0. The SMILES string of the molecule is CCCn1cc(C(NN)C2(C)CCCCC2)cn1. The van der Waals surface area contributed by atoms with Gasteiger partial charge in [0.2, 0.25) is 0 Å². The molecule has 3 N–H and O–H groups in total. The summed E-state index contributed by atoms with van der Waals surface area (Å²) in [6, 6.07) is 0.225. The summed E-state index contributed by atoms with van der Waals surface area (Å²) in [6.45, 7) is 5.50. The first kappa shape index (κ1) is 13.6. The number of aromatic nitrogens is 2. The first-order valence-corrected chi connectivity index (χ1v) is 7.18. The van der Waals surface area contributed by atoms with Crippen molar-refractivity contribution >= 4 is 0 Å². The predicted octanol–water partition coefficient (Wildman–Crippen LogP) is 2.77. The predicted molar refractivity (Wildman–Crippen MR) is 73.8 cm³/mol. The average molecular weight is 250 g/mol. The summed E-state index contributed by atoms with van der Waals surface area (Å²) in [5.41, 5.74) is 4.53. The van der Waals surface area contributed by atoms with E-state index in [0.29, 0.717) is 0 Å². The number of nitrogens with two attached hydrogens (primary N) is 1. The highest BCUT2D eigenvalue weighted by atomic mass is 15.3. The molecule has 2 rings (SSSR count). The van der Waals surface area contributed by atoms with Crippen LogP contribution in [-0.2, 0) is 6.54 Å². The summed E-state index contributed by atoms with van der Waals surface area (Å²) in [5, 5.41) is 4.42. The van der Waals surface area contributed by atoms with Crippen LogP contribution in [0, 0.1) is 5.41 Å². The van der Waals surface area contributed by atoms with Crippen molar-refractivity contribution < 1.29 is 0 Å². The molecule has 0 saturated heterocycles. The molecule has 1 saturated carbocycles. The van der Waals surface area contributed by atoms with Crippen LogP contribution in [0.5, 0.6) is 0 Å². The highest BCUT2D eigenvalue weighted by Gasteiger charge is 2.36. The average Bonchev–Trinajstić information content (AvgIpc) is 2.79. The van der Waals surface area contributed by atoms with Crippen molar-refractivity contribution in [3.8, 4) is 0 Å². The molecule has 1 aliphatic rings. The standard InChI is InChI=1S/C14H26N4/c1-3-9-18-11-12(10-16-18)13(17-15)14(2)7-5-4-6-8-14/h10-11,13,17H,3-9,15H2,1-2H3. The van der Waals surface area contributed by atoms with Crippen LogP contribution in [0.2, 0.25) is 0 Å². The Kier molecular flexibility index (Phi) is 4.40. The molecule has 4 heteroatoms. The second-order valence-electron chi connectivity index (χ2n) is 5.85. The molecule has 102 valence electrons. The van der Waals surface area contributed by atoms with E-state index in [1.165, 1.54) is 37.7 Å². The van der Waals surface area contributed by atoms with Gasteiger partial charge in [0.15, 0.2) is 0 Å². The van der Waals surface area contributed by atoms with Crippen LogP contribution in [0.25, 0.3) is 0 Å². The summed E-state index contributed by atoms with van der Waals surface area (Å²) >= 11 is 0. The number of rotatable bonds is 5. The fraction of sp³-hybridized carbons (Fsp3) is 0.786. The maximum absolute atomic E-state index is 5.82. The van der Waals surface area contributed by atoms with Crippen LogP contribution in [0.4, 0.5) is 0 Å². The minimum Gasteiger partial charge on any atom is -0.272 e. The molecular weight excluding hydrogens is 224 g/mol. The normalized spacial score (nSPS) is 20.8. The van der Waals surface area contributed by atoms with Crippen molar-refractivity contribution in [2.75, 3.05) is 0 Å². The first-order chi connectivity index (χ1) is 8.69. The molecule has 1 heterocycles. The van der Waals surface area contributed by atoms with Gasteiger partial charge in [0.25, 0.3) is 0 Å². The fourth-order valence-electron chi connectivity index (χ4n) is 3.23. The van der Waals surface area contributed by atoms with E-state index < -0.39 is 0 Å². The summed E-state index contributed by atoms with van der Waals surface area (Å²) in [7, 11) is 0. The van der Waals surface area contributed by atoms with Gasteiger partial charge in [0.05, 0.1) is 12.2 Å². The first-order valence-electron chi connectivity index (χ1n) is 7.18. The van der Waals surface area contributed by atoms with Crippen molar-refractivity contribution in [1.82, 2.24) is 15.2 Å². The molecule has 1 aromatic rings. The van der Waals surface area contributed by atoms with E-state index in [1.54, 1.807) is 0 Å². The molecule has 0 aromatic carbocycles. The molecule has 1 unspecified atom stereocenters. The summed E-state index contributed by atoms with van der Waals surface area (Å²) in [6.07, 6.45) is 11.7. The van der Waals surface area contributed by atoms with Gasteiger partial charge in [-0.1, -0.05) is 33.1 Å².